The van der Waals surface area contributed by atoms with Crippen molar-refractivity contribution in [1.29, 1.82) is 0 Å². The monoisotopic (exact) mass is 474 g/mol. The summed E-state index contributed by atoms with van der Waals surface area (Å²) in [6, 6.07) is 1.54. The lowest BCUT2D eigenvalue weighted by atomic mass is 9.98. The molecule has 0 spiro atoms. The van der Waals surface area contributed by atoms with Gasteiger partial charge in [-0.2, -0.15) is 18.3 Å². The summed E-state index contributed by atoms with van der Waals surface area (Å²) >= 11 is 6.01. The number of hydrogen-bond donors (Lipinski definition) is 0. The third kappa shape index (κ3) is 7.01. The second-order valence-electron chi connectivity index (χ2n) is 8.77. The molecule has 0 saturated carbocycles. The standard InChI is InChI=1S/C21H26ClF3N4O3/c1-20(2,3)32-19(30)28-6-4-14(5-7-28)12-31-17-8-18(22)26-10-16(17)15-9-27-29(11-15)13-21(23,24)25/h8-11,14H,4-7,12-13H2,1-3H3. The number of hydrogen-bond acceptors (Lipinski definition) is 5. The summed E-state index contributed by atoms with van der Waals surface area (Å²) in [5.74, 6) is 0.632. The summed E-state index contributed by atoms with van der Waals surface area (Å²) in [5, 5.41) is 3.99. The van der Waals surface area contributed by atoms with E-state index in [4.69, 9.17) is 21.1 Å². The average Bonchev–Trinajstić information content (AvgIpc) is 3.11. The maximum atomic E-state index is 12.6. The van der Waals surface area contributed by atoms with Crippen LogP contribution in [0, 0.1) is 5.92 Å². The Hall–Kier alpha value is -2.49. The molecule has 7 nitrogen and oxygen atoms in total. The third-order valence-electron chi connectivity index (χ3n) is 4.86. The van der Waals surface area contributed by atoms with Crippen molar-refractivity contribution in [2.45, 2.75) is 51.9 Å². The van der Waals surface area contributed by atoms with Gasteiger partial charge in [0.1, 0.15) is 23.0 Å². The van der Waals surface area contributed by atoms with Crippen LogP contribution in [-0.2, 0) is 11.3 Å². The lowest BCUT2D eigenvalue weighted by Gasteiger charge is -2.33. The van der Waals surface area contributed by atoms with Gasteiger partial charge in [-0.25, -0.2) is 9.78 Å². The molecule has 11 heteroatoms. The van der Waals surface area contributed by atoms with Gasteiger partial charge in [-0.05, 0) is 39.5 Å². The van der Waals surface area contributed by atoms with Crippen LogP contribution >= 0.6 is 11.6 Å². The van der Waals surface area contributed by atoms with Gasteiger partial charge in [0.15, 0.2) is 0 Å². The van der Waals surface area contributed by atoms with E-state index in [9.17, 15) is 18.0 Å². The Bertz CT molecular complexity index is 935. The van der Waals surface area contributed by atoms with E-state index in [2.05, 4.69) is 10.1 Å². The van der Waals surface area contributed by atoms with Crippen LogP contribution in [-0.4, -0.2) is 57.2 Å². The van der Waals surface area contributed by atoms with Gasteiger partial charge in [0.25, 0.3) is 0 Å². The van der Waals surface area contributed by atoms with Crippen LogP contribution in [0.4, 0.5) is 18.0 Å². The Kier molecular flexibility index (Phi) is 7.22. The van der Waals surface area contributed by atoms with Crippen molar-refractivity contribution in [1.82, 2.24) is 19.7 Å². The number of pyridine rings is 1. The van der Waals surface area contributed by atoms with Crippen molar-refractivity contribution in [3.8, 4) is 16.9 Å². The number of rotatable bonds is 5. The summed E-state index contributed by atoms with van der Waals surface area (Å²) in [7, 11) is 0. The highest BCUT2D eigenvalue weighted by molar-refractivity contribution is 6.29. The van der Waals surface area contributed by atoms with Gasteiger partial charge in [-0.15, -0.1) is 0 Å². The molecule has 32 heavy (non-hydrogen) atoms. The Morgan fingerprint density at radius 1 is 1.22 bits per heavy atom. The van der Waals surface area contributed by atoms with Crippen molar-refractivity contribution < 1.29 is 27.4 Å². The number of ether oxygens (including phenoxy) is 2. The van der Waals surface area contributed by atoms with Crippen LogP contribution in [0.2, 0.25) is 5.15 Å². The summed E-state index contributed by atoms with van der Waals surface area (Å²) < 4.78 is 50.1. The number of carbonyl (C=O) groups is 1. The molecule has 2 aromatic rings. The van der Waals surface area contributed by atoms with Gasteiger partial charge in [0.05, 0.1) is 12.8 Å². The fourth-order valence-electron chi connectivity index (χ4n) is 3.34. The van der Waals surface area contributed by atoms with Gasteiger partial charge < -0.3 is 14.4 Å². The minimum absolute atomic E-state index is 0.210. The van der Waals surface area contributed by atoms with Crippen molar-refractivity contribution in [3.63, 3.8) is 0 Å². The quantitative estimate of drug-likeness (QED) is 0.558. The molecule has 176 valence electrons. The van der Waals surface area contributed by atoms with Gasteiger partial charge in [-0.1, -0.05) is 11.6 Å². The van der Waals surface area contributed by atoms with E-state index in [0.29, 0.717) is 36.6 Å². The molecule has 0 aromatic carbocycles. The molecule has 3 rings (SSSR count). The molecule has 0 atom stereocenters. The Balaban J connectivity index is 1.61. The predicted molar refractivity (Wildman–Crippen MR) is 113 cm³/mol. The molecule has 1 aliphatic rings. The fraction of sp³-hybridized carbons (Fsp3) is 0.571. The second-order valence-corrected chi connectivity index (χ2v) is 9.15. The number of alkyl halides is 3. The first-order chi connectivity index (χ1) is 14.9. The molecule has 2 aromatic heterocycles. The molecule has 1 amide bonds. The highest BCUT2D eigenvalue weighted by atomic mass is 35.5. The van der Waals surface area contributed by atoms with E-state index in [1.807, 2.05) is 20.8 Å². The number of amides is 1. The summed E-state index contributed by atoms with van der Waals surface area (Å²) in [6.45, 7) is 5.82. The van der Waals surface area contributed by atoms with Gasteiger partial charge in [0.2, 0.25) is 0 Å². The Morgan fingerprint density at radius 2 is 1.91 bits per heavy atom. The van der Waals surface area contributed by atoms with Crippen LogP contribution in [0.5, 0.6) is 5.75 Å². The van der Waals surface area contributed by atoms with Crippen LogP contribution in [0.25, 0.3) is 11.1 Å². The first kappa shape index (κ1) is 24.2. The largest absolute Gasteiger partial charge is 0.492 e. The van der Waals surface area contributed by atoms with E-state index < -0.39 is 18.3 Å². The Labute approximate surface area is 189 Å². The molecular weight excluding hydrogens is 449 g/mol. The number of nitrogens with zero attached hydrogens (tertiary/aromatic N) is 4. The minimum atomic E-state index is -4.37. The lowest BCUT2D eigenvalue weighted by molar-refractivity contribution is -0.142. The molecule has 1 aliphatic heterocycles. The lowest BCUT2D eigenvalue weighted by Crippen LogP contribution is -2.42. The van der Waals surface area contributed by atoms with Crippen LogP contribution in [0.1, 0.15) is 33.6 Å². The highest BCUT2D eigenvalue weighted by Gasteiger charge is 2.29. The SMILES string of the molecule is CC(C)(C)OC(=O)N1CCC(COc2cc(Cl)ncc2-c2cnn(CC(F)(F)F)c2)CC1. The van der Waals surface area contributed by atoms with E-state index in [1.54, 1.807) is 4.90 Å². The first-order valence-corrected chi connectivity index (χ1v) is 10.6. The third-order valence-corrected chi connectivity index (χ3v) is 5.07. The minimum Gasteiger partial charge on any atom is -0.492 e. The fourth-order valence-corrected chi connectivity index (χ4v) is 3.49. The summed E-state index contributed by atoms with van der Waals surface area (Å²) in [4.78, 5) is 17.9. The van der Waals surface area contributed by atoms with Gasteiger partial charge in [0, 0.05) is 42.7 Å². The van der Waals surface area contributed by atoms with Crippen LogP contribution in [0.3, 0.4) is 0 Å². The molecule has 0 bridgehead atoms. The molecule has 1 saturated heterocycles. The maximum absolute atomic E-state index is 12.6. The maximum Gasteiger partial charge on any atom is 0.410 e. The number of carbonyl (C=O) groups excluding carboxylic acids is 1. The van der Waals surface area contributed by atoms with Crippen LogP contribution < -0.4 is 4.74 Å². The van der Waals surface area contributed by atoms with E-state index in [0.717, 1.165) is 17.5 Å². The van der Waals surface area contributed by atoms with Crippen molar-refractivity contribution in [2.24, 2.45) is 5.92 Å². The smallest absolute Gasteiger partial charge is 0.410 e. The summed E-state index contributed by atoms with van der Waals surface area (Å²) in [5.41, 5.74) is 0.421. The molecular formula is C21H26ClF3N4O3. The van der Waals surface area contributed by atoms with Gasteiger partial charge in [-0.3, -0.25) is 4.68 Å². The Morgan fingerprint density at radius 3 is 2.53 bits per heavy atom. The number of halogens is 4. The molecule has 3 heterocycles. The van der Waals surface area contributed by atoms with Crippen molar-refractivity contribution in [2.75, 3.05) is 19.7 Å². The van der Waals surface area contributed by atoms with Crippen molar-refractivity contribution >= 4 is 17.7 Å². The zero-order valence-corrected chi connectivity index (χ0v) is 18.9. The molecule has 0 radical (unpaired) electrons. The highest BCUT2D eigenvalue weighted by Crippen LogP contribution is 2.32. The zero-order valence-electron chi connectivity index (χ0n) is 18.2. The van der Waals surface area contributed by atoms with Crippen LogP contribution in [0.15, 0.2) is 24.7 Å². The van der Waals surface area contributed by atoms with E-state index in [1.165, 1.54) is 24.7 Å². The molecule has 0 unspecified atom stereocenters. The summed E-state index contributed by atoms with van der Waals surface area (Å²) in [6.07, 6.45) is 0.893. The topological polar surface area (TPSA) is 69.5 Å². The molecule has 0 aliphatic carbocycles. The number of likely N-dealkylation sites (tertiary alicyclic amines) is 1. The number of piperidine rings is 1. The van der Waals surface area contributed by atoms with E-state index >= 15 is 0 Å². The first-order valence-electron chi connectivity index (χ1n) is 10.3. The van der Waals surface area contributed by atoms with Gasteiger partial charge >= 0.3 is 12.3 Å². The predicted octanol–water partition coefficient (Wildman–Crippen LogP) is 5.19. The average molecular weight is 475 g/mol. The zero-order chi connectivity index (χ0) is 23.5. The number of aromatic nitrogens is 3. The molecule has 0 N–H and O–H groups in total. The molecule has 1 fully saturated rings. The second kappa shape index (κ2) is 9.56. The van der Waals surface area contributed by atoms with E-state index in [-0.39, 0.29) is 17.2 Å². The van der Waals surface area contributed by atoms with Crippen molar-refractivity contribution in [3.05, 3.63) is 29.8 Å². The normalized spacial score (nSPS) is 15.7.